The van der Waals surface area contributed by atoms with E-state index >= 15 is 0 Å². The Balaban J connectivity index is 0.959. The summed E-state index contributed by atoms with van der Waals surface area (Å²) in [6, 6.07) is 91.9. The molecule has 13 rings (SSSR count). The summed E-state index contributed by atoms with van der Waals surface area (Å²) in [5, 5.41) is 7.16. The molecule has 0 aliphatic rings. The molecule has 0 amide bonds. The Morgan fingerprint density at radius 1 is 0.313 bits per heavy atom. The fourth-order valence-corrected chi connectivity index (χ4v) is 10.3. The molecule has 13 aromatic rings. The van der Waals surface area contributed by atoms with Crippen molar-refractivity contribution < 1.29 is 4.42 Å². The van der Waals surface area contributed by atoms with Crippen molar-refractivity contribution in [3.63, 3.8) is 0 Å². The van der Waals surface area contributed by atoms with Crippen molar-refractivity contribution in [2.75, 3.05) is 4.90 Å². The van der Waals surface area contributed by atoms with Gasteiger partial charge in [-0.05, 0) is 116 Å². The van der Waals surface area contributed by atoms with Gasteiger partial charge in [0.2, 0.25) is 0 Å². The summed E-state index contributed by atoms with van der Waals surface area (Å²) < 4.78 is 9.04. The van der Waals surface area contributed by atoms with Crippen LogP contribution in [-0.4, -0.2) is 4.57 Å². The van der Waals surface area contributed by atoms with E-state index in [1.54, 1.807) is 0 Å². The first kappa shape index (κ1) is 38.5. The normalized spacial score (nSPS) is 11.6. The monoisotopic (exact) mass is 854 g/mol. The van der Waals surface area contributed by atoms with Gasteiger partial charge in [-0.25, -0.2) is 0 Å². The van der Waals surface area contributed by atoms with Gasteiger partial charge in [-0.2, -0.15) is 0 Å². The zero-order valence-electron chi connectivity index (χ0n) is 36.6. The molecule has 0 N–H and O–H groups in total. The van der Waals surface area contributed by atoms with E-state index in [0.717, 1.165) is 72.5 Å². The molecule has 11 aromatic carbocycles. The summed E-state index contributed by atoms with van der Waals surface area (Å²) in [6.45, 7) is 0. The minimum atomic E-state index is 0.875. The van der Waals surface area contributed by atoms with Gasteiger partial charge in [-0.15, -0.1) is 0 Å². The molecule has 0 saturated carbocycles. The third-order valence-electron chi connectivity index (χ3n) is 13.4. The van der Waals surface area contributed by atoms with E-state index < -0.39 is 0 Å². The zero-order chi connectivity index (χ0) is 44.3. The number of hydrogen-bond donors (Lipinski definition) is 0. The number of para-hydroxylation sites is 3. The van der Waals surface area contributed by atoms with Crippen LogP contribution in [0.3, 0.4) is 0 Å². The molecule has 0 aliphatic heterocycles. The molecule has 67 heavy (non-hydrogen) atoms. The number of nitrogens with zero attached hydrogens (tertiary/aromatic N) is 2. The minimum absolute atomic E-state index is 0.875. The summed E-state index contributed by atoms with van der Waals surface area (Å²) >= 11 is 0. The number of hydrogen-bond acceptors (Lipinski definition) is 2. The highest BCUT2D eigenvalue weighted by Crippen LogP contribution is 2.45. The Hall–Kier alpha value is -8.92. The van der Waals surface area contributed by atoms with Crippen LogP contribution in [0.1, 0.15) is 0 Å². The van der Waals surface area contributed by atoms with Gasteiger partial charge in [-0.3, -0.25) is 0 Å². The van der Waals surface area contributed by atoms with Crippen molar-refractivity contribution in [1.29, 1.82) is 0 Å². The van der Waals surface area contributed by atoms with E-state index in [9.17, 15) is 0 Å². The van der Waals surface area contributed by atoms with Crippen molar-refractivity contribution in [2.24, 2.45) is 0 Å². The smallest absolute Gasteiger partial charge is 0.143 e. The third kappa shape index (κ3) is 6.59. The van der Waals surface area contributed by atoms with E-state index in [2.05, 4.69) is 258 Å². The van der Waals surface area contributed by atoms with Crippen molar-refractivity contribution in [1.82, 2.24) is 4.57 Å². The fourth-order valence-electron chi connectivity index (χ4n) is 10.3. The number of aromatic nitrogens is 1. The Labute approximate surface area is 388 Å². The van der Waals surface area contributed by atoms with Gasteiger partial charge >= 0.3 is 0 Å². The fraction of sp³-hybridized carbons (Fsp3) is 0. The van der Waals surface area contributed by atoms with Gasteiger partial charge in [0, 0.05) is 49.9 Å². The summed E-state index contributed by atoms with van der Waals surface area (Å²) in [4.78, 5) is 2.38. The molecule has 0 unspecified atom stereocenters. The van der Waals surface area contributed by atoms with Crippen molar-refractivity contribution in [2.45, 2.75) is 0 Å². The molecule has 0 bridgehead atoms. The molecule has 0 fully saturated rings. The van der Waals surface area contributed by atoms with E-state index in [0.29, 0.717) is 0 Å². The average Bonchev–Trinajstić information content (AvgIpc) is 3.95. The second kappa shape index (κ2) is 16.0. The zero-order valence-corrected chi connectivity index (χ0v) is 36.6. The summed E-state index contributed by atoms with van der Waals surface area (Å²) in [5.41, 5.74) is 17.7. The molecule has 0 saturated heterocycles. The first-order valence-electron chi connectivity index (χ1n) is 22.9. The average molecular weight is 855 g/mol. The van der Waals surface area contributed by atoms with E-state index in [-0.39, 0.29) is 0 Å². The summed E-state index contributed by atoms with van der Waals surface area (Å²) in [6.07, 6.45) is 0. The van der Waals surface area contributed by atoms with Gasteiger partial charge in [0.15, 0.2) is 0 Å². The number of benzene rings is 11. The Morgan fingerprint density at radius 2 is 0.821 bits per heavy atom. The van der Waals surface area contributed by atoms with Crippen molar-refractivity contribution >= 4 is 71.6 Å². The van der Waals surface area contributed by atoms with Crippen LogP contribution < -0.4 is 4.90 Å². The number of anilines is 3. The summed E-state index contributed by atoms with van der Waals surface area (Å²) in [7, 11) is 0. The molecule has 2 heterocycles. The molecule has 2 aromatic heterocycles. The molecular formula is C64H42N2O. The number of fused-ring (bicyclic) bond motifs is 7. The molecule has 0 aliphatic carbocycles. The van der Waals surface area contributed by atoms with Gasteiger partial charge in [0.1, 0.15) is 11.2 Å². The van der Waals surface area contributed by atoms with Crippen LogP contribution in [0, 0.1) is 0 Å². The van der Waals surface area contributed by atoms with Crippen LogP contribution in [0.15, 0.2) is 259 Å². The Morgan fingerprint density at radius 3 is 1.46 bits per heavy atom. The minimum Gasteiger partial charge on any atom is -0.455 e. The van der Waals surface area contributed by atoms with Crippen LogP contribution >= 0.6 is 0 Å². The lowest BCUT2D eigenvalue weighted by molar-refractivity contribution is 0.670. The van der Waals surface area contributed by atoms with E-state index in [1.807, 2.05) is 6.07 Å². The topological polar surface area (TPSA) is 21.3 Å². The second-order valence-corrected chi connectivity index (χ2v) is 17.3. The predicted molar refractivity (Wildman–Crippen MR) is 282 cm³/mol. The van der Waals surface area contributed by atoms with Crippen LogP contribution in [0.25, 0.3) is 105 Å². The Bertz CT molecular complexity index is 3900. The molecule has 3 nitrogen and oxygen atoms in total. The highest BCUT2D eigenvalue weighted by atomic mass is 16.3. The molecule has 0 radical (unpaired) electrons. The quantitative estimate of drug-likeness (QED) is 0.152. The SMILES string of the molecule is c1ccc(-c2cc(N(c3ccc(-c4cccc(-n5c6ccccc6c6ccccc65)c4)cc3)c3ccc(-c4cccc5cccc(-c6ccccc6)c45)cc3)cc3c2oc2ccccc23)cc1. The number of rotatable bonds is 8. The number of furan rings is 1. The van der Waals surface area contributed by atoms with Crippen LogP contribution in [-0.2, 0) is 0 Å². The highest BCUT2D eigenvalue weighted by Gasteiger charge is 2.21. The Kier molecular flexibility index (Phi) is 9.17. The standard InChI is InChI=1S/C64H42N2O/c1-3-16-44(17-4-1)53-27-14-20-47-21-15-28-54(63(47)53)46-34-38-50(39-35-46)65(52-41-58(45-18-5-2-6-19-45)64-59(42-52)57-26-9-12-31-62(57)67-64)49-36-32-43(33-37-49)48-22-13-23-51(40-48)66-60-29-10-7-24-55(60)56-25-8-11-30-61(56)66/h1-42H. The van der Waals surface area contributed by atoms with Crippen LogP contribution in [0.4, 0.5) is 17.1 Å². The predicted octanol–water partition coefficient (Wildman–Crippen LogP) is 18.0. The van der Waals surface area contributed by atoms with Crippen LogP contribution in [0.2, 0.25) is 0 Å². The molecule has 314 valence electrons. The lowest BCUT2D eigenvalue weighted by Gasteiger charge is -2.27. The molecule has 3 heteroatoms. The lowest BCUT2D eigenvalue weighted by atomic mass is 9.91. The summed E-state index contributed by atoms with van der Waals surface area (Å²) in [5.74, 6) is 0. The van der Waals surface area contributed by atoms with E-state index in [1.165, 1.54) is 49.3 Å². The molecular weight excluding hydrogens is 813 g/mol. The van der Waals surface area contributed by atoms with Crippen LogP contribution in [0.5, 0.6) is 0 Å². The van der Waals surface area contributed by atoms with E-state index in [4.69, 9.17) is 4.42 Å². The van der Waals surface area contributed by atoms with Gasteiger partial charge in [0.05, 0.1) is 11.0 Å². The first-order valence-corrected chi connectivity index (χ1v) is 22.9. The third-order valence-corrected chi connectivity index (χ3v) is 13.4. The lowest BCUT2D eigenvalue weighted by Crippen LogP contribution is -2.10. The van der Waals surface area contributed by atoms with Gasteiger partial charge < -0.3 is 13.9 Å². The largest absolute Gasteiger partial charge is 0.455 e. The van der Waals surface area contributed by atoms with Crippen molar-refractivity contribution in [3.8, 4) is 50.2 Å². The maximum Gasteiger partial charge on any atom is 0.143 e. The second-order valence-electron chi connectivity index (χ2n) is 17.3. The van der Waals surface area contributed by atoms with Gasteiger partial charge in [0.25, 0.3) is 0 Å². The highest BCUT2D eigenvalue weighted by molar-refractivity contribution is 6.12. The van der Waals surface area contributed by atoms with Crippen molar-refractivity contribution in [3.05, 3.63) is 255 Å². The molecule has 0 atom stereocenters. The molecule has 0 spiro atoms. The maximum absolute atomic E-state index is 6.65. The first-order chi connectivity index (χ1) is 33.2. The van der Waals surface area contributed by atoms with Gasteiger partial charge in [-0.1, -0.05) is 188 Å². The maximum atomic E-state index is 6.65.